The van der Waals surface area contributed by atoms with Gasteiger partial charge in [-0.25, -0.2) is 0 Å². The monoisotopic (exact) mass is 194 g/mol. The molecule has 0 aromatic rings. The van der Waals surface area contributed by atoms with Gasteiger partial charge in [0, 0.05) is 6.42 Å². The third kappa shape index (κ3) is 3.13. The average Bonchev–Trinajstić information content (AvgIpc) is 2.63. The van der Waals surface area contributed by atoms with E-state index in [1.807, 2.05) is 24.3 Å². The molecule has 14 heavy (non-hydrogen) atoms. The lowest BCUT2D eigenvalue weighted by atomic mass is 10.1. The van der Waals surface area contributed by atoms with Gasteiger partial charge in [-0.1, -0.05) is 44.2 Å². The first-order valence-corrected chi connectivity index (χ1v) is 5.08. The summed E-state index contributed by atoms with van der Waals surface area (Å²) < 4.78 is 11.2. The van der Waals surface area contributed by atoms with Crippen molar-refractivity contribution in [3.8, 4) is 0 Å². The van der Waals surface area contributed by atoms with Crippen LogP contribution in [0.1, 0.15) is 19.8 Å². The van der Waals surface area contributed by atoms with Crippen LogP contribution < -0.4 is 0 Å². The van der Waals surface area contributed by atoms with E-state index in [4.69, 9.17) is 9.47 Å². The fourth-order valence-corrected chi connectivity index (χ4v) is 1.49. The second-order valence-corrected chi connectivity index (χ2v) is 3.24. The average molecular weight is 194 g/mol. The molecule has 1 fully saturated rings. The zero-order chi connectivity index (χ0) is 10.3. The van der Waals surface area contributed by atoms with E-state index in [2.05, 4.69) is 13.5 Å². The molecule has 0 unspecified atom stereocenters. The van der Waals surface area contributed by atoms with Crippen LogP contribution in [0.4, 0.5) is 0 Å². The highest BCUT2D eigenvalue weighted by Crippen LogP contribution is 2.26. The van der Waals surface area contributed by atoms with Crippen molar-refractivity contribution in [1.29, 1.82) is 0 Å². The zero-order valence-electron chi connectivity index (χ0n) is 8.74. The molecule has 1 rings (SSSR count). The summed E-state index contributed by atoms with van der Waals surface area (Å²) in [7, 11) is 0. The standard InChI is InChI=1S/C12H18O2/c1-3-5-6-7-9-12(8-4-2)13-10-11-14-12/h3,5-7,9H,1,4,8,10-11H2,2H3/b6-5+,9-7?. The first kappa shape index (κ1) is 11.2. The molecule has 78 valence electrons. The molecule has 1 aliphatic rings. The van der Waals surface area contributed by atoms with Crippen molar-refractivity contribution in [3.63, 3.8) is 0 Å². The number of hydrogen-bond acceptors (Lipinski definition) is 2. The summed E-state index contributed by atoms with van der Waals surface area (Å²) in [5.41, 5.74) is 0. The molecule has 2 nitrogen and oxygen atoms in total. The molecule has 0 radical (unpaired) electrons. The van der Waals surface area contributed by atoms with Crippen molar-refractivity contribution >= 4 is 0 Å². The first-order valence-electron chi connectivity index (χ1n) is 5.08. The van der Waals surface area contributed by atoms with Gasteiger partial charge in [0.25, 0.3) is 0 Å². The summed E-state index contributed by atoms with van der Waals surface area (Å²) in [5.74, 6) is -0.472. The number of rotatable bonds is 5. The molecule has 0 spiro atoms. The highest BCUT2D eigenvalue weighted by Gasteiger charge is 2.32. The zero-order valence-corrected chi connectivity index (χ0v) is 8.74. The van der Waals surface area contributed by atoms with Crippen LogP contribution in [0, 0.1) is 0 Å². The summed E-state index contributed by atoms with van der Waals surface area (Å²) >= 11 is 0. The molecule has 0 bridgehead atoms. The van der Waals surface area contributed by atoms with Gasteiger partial charge in [0.1, 0.15) is 0 Å². The lowest BCUT2D eigenvalue weighted by molar-refractivity contribution is -0.121. The molecule has 0 aromatic carbocycles. The van der Waals surface area contributed by atoms with Crippen molar-refractivity contribution < 1.29 is 9.47 Å². The van der Waals surface area contributed by atoms with Gasteiger partial charge in [-0.2, -0.15) is 0 Å². The maximum absolute atomic E-state index is 5.59. The Balaban J connectivity index is 2.54. The molecular weight excluding hydrogens is 176 g/mol. The van der Waals surface area contributed by atoms with Gasteiger partial charge in [0.2, 0.25) is 0 Å². The maximum atomic E-state index is 5.59. The lowest BCUT2D eigenvalue weighted by Gasteiger charge is -2.22. The van der Waals surface area contributed by atoms with Crippen LogP contribution in [0.5, 0.6) is 0 Å². The summed E-state index contributed by atoms with van der Waals surface area (Å²) in [5, 5.41) is 0. The SMILES string of the molecule is C=C/C=C/C=CC1(CCC)OCCO1. The Morgan fingerprint density at radius 1 is 1.21 bits per heavy atom. The van der Waals surface area contributed by atoms with Gasteiger partial charge in [-0.05, 0) is 6.08 Å². The van der Waals surface area contributed by atoms with E-state index in [0.717, 1.165) is 12.8 Å². The Morgan fingerprint density at radius 3 is 2.50 bits per heavy atom. The van der Waals surface area contributed by atoms with Crippen molar-refractivity contribution in [3.05, 3.63) is 37.0 Å². The van der Waals surface area contributed by atoms with Gasteiger partial charge in [-0.3, -0.25) is 0 Å². The summed E-state index contributed by atoms with van der Waals surface area (Å²) in [6.07, 6.45) is 11.4. The van der Waals surface area contributed by atoms with E-state index in [1.165, 1.54) is 0 Å². The van der Waals surface area contributed by atoms with E-state index >= 15 is 0 Å². The van der Waals surface area contributed by atoms with Crippen LogP contribution in [-0.4, -0.2) is 19.0 Å². The third-order valence-corrected chi connectivity index (χ3v) is 2.08. The van der Waals surface area contributed by atoms with Crippen molar-refractivity contribution in [1.82, 2.24) is 0 Å². The van der Waals surface area contributed by atoms with Crippen LogP contribution in [0.2, 0.25) is 0 Å². The van der Waals surface area contributed by atoms with Gasteiger partial charge in [-0.15, -0.1) is 0 Å². The predicted molar refractivity (Wildman–Crippen MR) is 58.0 cm³/mol. The van der Waals surface area contributed by atoms with E-state index < -0.39 is 5.79 Å². The highest BCUT2D eigenvalue weighted by molar-refractivity contribution is 5.12. The quantitative estimate of drug-likeness (QED) is 0.626. The Bertz CT molecular complexity index is 222. The van der Waals surface area contributed by atoms with Gasteiger partial charge in [0.15, 0.2) is 5.79 Å². The fourth-order valence-electron chi connectivity index (χ4n) is 1.49. The number of hydrogen-bond donors (Lipinski definition) is 0. The van der Waals surface area contributed by atoms with E-state index in [9.17, 15) is 0 Å². The highest BCUT2D eigenvalue weighted by atomic mass is 16.7. The van der Waals surface area contributed by atoms with E-state index in [0.29, 0.717) is 13.2 Å². The molecule has 1 aliphatic heterocycles. The van der Waals surface area contributed by atoms with Crippen LogP contribution in [0.3, 0.4) is 0 Å². The third-order valence-electron chi connectivity index (χ3n) is 2.08. The van der Waals surface area contributed by atoms with Crippen molar-refractivity contribution in [2.75, 3.05) is 13.2 Å². The molecule has 1 saturated heterocycles. The van der Waals surface area contributed by atoms with Crippen molar-refractivity contribution in [2.24, 2.45) is 0 Å². The van der Waals surface area contributed by atoms with E-state index in [1.54, 1.807) is 6.08 Å². The smallest absolute Gasteiger partial charge is 0.188 e. The van der Waals surface area contributed by atoms with Crippen molar-refractivity contribution in [2.45, 2.75) is 25.6 Å². The Kier molecular flexibility index (Phi) is 4.63. The molecule has 0 aromatic heterocycles. The minimum Gasteiger partial charge on any atom is -0.344 e. The predicted octanol–water partition coefficient (Wildman–Crippen LogP) is 2.83. The van der Waals surface area contributed by atoms with E-state index in [-0.39, 0.29) is 0 Å². The Hall–Kier alpha value is -0.860. The van der Waals surface area contributed by atoms with Crippen LogP contribution in [-0.2, 0) is 9.47 Å². The molecule has 2 heteroatoms. The largest absolute Gasteiger partial charge is 0.344 e. The Labute approximate surface area is 85.9 Å². The fraction of sp³-hybridized carbons (Fsp3) is 0.500. The molecule has 1 heterocycles. The summed E-state index contributed by atoms with van der Waals surface area (Å²) in [4.78, 5) is 0. The number of ether oxygens (including phenoxy) is 2. The second-order valence-electron chi connectivity index (χ2n) is 3.24. The molecule has 0 atom stereocenters. The van der Waals surface area contributed by atoms with Gasteiger partial charge < -0.3 is 9.47 Å². The number of allylic oxidation sites excluding steroid dienone is 4. The maximum Gasteiger partial charge on any atom is 0.188 e. The van der Waals surface area contributed by atoms with Crippen LogP contribution in [0.15, 0.2) is 37.0 Å². The topological polar surface area (TPSA) is 18.5 Å². The molecule has 0 saturated carbocycles. The van der Waals surface area contributed by atoms with Crippen LogP contribution in [0.25, 0.3) is 0 Å². The van der Waals surface area contributed by atoms with Crippen LogP contribution >= 0.6 is 0 Å². The Morgan fingerprint density at radius 2 is 1.93 bits per heavy atom. The second kappa shape index (κ2) is 5.78. The molecular formula is C12H18O2. The lowest BCUT2D eigenvalue weighted by Crippen LogP contribution is -2.26. The van der Waals surface area contributed by atoms with Gasteiger partial charge >= 0.3 is 0 Å². The first-order chi connectivity index (χ1) is 6.83. The summed E-state index contributed by atoms with van der Waals surface area (Å²) in [6.45, 7) is 7.11. The van der Waals surface area contributed by atoms with Gasteiger partial charge in [0.05, 0.1) is 13.2 Å². The molecule has 0 amide bonds. The normalized spacial score (nSPS) is 20.9. The summed E-state index contributed by atoms with van der Waals surface area (Å²) in [6, 6.07) is 0. The minimum atomic E-state index is -0.472. The minimum absolute atomic E-state index is 0.472. The molecule has 0 aliphatic carbocycles. The molecule has 0 N–H and O–H groups in total.